The Labute approximate surface area is 106 Å². The predicted octanol–water partition coefficient (Wildman–Crippen LogP) is 0.813. The number of hydrogen-bond donors (Lipinski definition) is 2. The fourth-order valence-corrected chi connectivity index (χ4v) is 2.35. The maximum Gasteiger partial charge on any atom is 0.0581 e. The maximum atomic E-state index is 5.97. The second-order valence-electron chi connectivity index (χ2n) is 4.66. The molecule has 1 saturated heterocycles. The molecule has 0 saturated carbocycles. The molecular formula is C13H17N5. The van der Waals surface area contributed by atoms with E-state index < -0.39 is 0 Å². The van der Waals surface area contributed by atoms with Gasteiger partial charge in [-0.3, -0.25) is 10.8 Å². The summed E-state index contributed by atoms with van der Waals surface area (Å²) in [6.45, 7) is 3.69. The summed E-state index contributed by atoms with van der Waals surface area (Å²) in [5, 5.41) is 4.00. The van der Waals surface area contributed by atoms with Gasteiger partial charge in [-0.25, -0.2) is 5.01 Å². The zero-order valence-electron chi connectivity index (χ0n) is 10.2. The lowest BCUT2D eigenvalue weighted by Crippen LogP contribution is -2.49. The molecule has 0 aliphatic carbocycles. The van der Waals surface area contributed by atoms with Gasteiger partial charge in [-0.05, 0) is 12.1 Å². The van der Waals surface area contributed by atoms with Crippen LogP contribution in [0.25, 0.3) is 10.8 Å². The number of nitrogens with zero attached hydrogens (tertiary/aromatic N) is 3. The molecule has 4 N–H and O–H groups in total. The van der Waals surface area contributed by atoms with E-state index in [1.165, 1.54) is 5.69 Å². The molecule has 0 radical (unpaired) electrons. The van der Waals surface area contributed by atoms with E-state index in [2.05, 4.69) is 28.1 Å². The van der Waals surface area contributed by atoms with E-state index in [1.807, 2.05) is 11.2 Å². The molecule has 2 aromatic rings. The number of hydrazine groups is 1. The molecule has 3 rings (SSSR count). The smallest absolute Gasteiger partial charge is 0.0581 e. The first kappa shape index (κ1) is 11.3. The number of hydrogen-bond acceptors (Lipinski definition) is 5. The number of nitrogen functional groups attached to an aromatic ring is 1. The highest BCUT2D eigenvalue weighted by Gasteiger charge is 2.15. The Balaban J connectivity index is 1.95. The lowest BCUT2D eigenvalue weighted by Gasteiger charge is -2.33. The summed E-state index contributed by atoms with van der Waals surface area (Å²) >= 11 is 0. The third-order valence-electron chi connectivity index (χ3n) is 3.45. The van der Waals surface area contributed by atoms with Gasteiger partial charge >= 0.3 is 0 Å². The van der Waals surface area contributed by atoms with Crippen LogP contribution in [-0.2, 0) is 0 Å². The lowest BCUT2D eigenvalue weighted by molar-refractivity contribution is 0.266. The summed E-state index contributed by atoms with van der Waals surface area (Å²) in [6.07, 6.45) is 3.54. The van der Waals surface area contributed by atoms with Crippen LogP contribution in [0.2, 0.25) is 0 Å². The topological polar surface area (TPSA) is 71.4 Å². The highest BCUT2D eigenvalue weighted by atomic mass is 15.4. The number of pyridine rings is 1. The van der Waals surface area contributed by atoms with E-state index in [4.69, 9.17) is 11.6 Å². The van der Waals surface area contributed by atoms with Crippen LogP contribution in [0.4, 0.5) is 11.4 Å². The Bertz CT molecular complexity index is 560. The Morgan fingerprint density at radius 2 is 1.83 bits per heavy atom. The van der Waals surface area contributed by atoms with Crippen molar-refractivity contribution in [3.05, 3.63) is 30.6 Å². The minimum absolute atomic E-state index is 0.729. The Kier molecular flexibility index (Phi) is 2.77. The first-order valence-electron chi connectivity index (χ1n) is 6.12. The van der Waals surface area contributed by atoms with Crippen molar-refractivity contribution in [2.45, 2.75) is 0 Å². The number of nitrogens with two attached hydrogens (primary N) is 2. The zero-order chi connectivity index (χ0) is 12.5. The molecule has 2 heterocycles. The van der Waals surface area contributed by atoms with Gasteiger partial charge in [-0.1, -0.05) is 6.07 Å². The molecule has 18 heavy (non-hydrogen) atoms. The van der Waals surface area contributed by atoms with Crippen molar-refractivity contribution in [2.24, 2.45) is 5.84 Å². The van der Waals surface area contributed by atoms with E-state index in [9.17, 15) is 0 Å². The number of piperazine rings is 1. The Morgan fingerprint density at radius 1 is 1.06 bits per heavy atom. The predicted molar refractivity (Wildman–Crippen MR) is 74.1 cm³/mol. The minimum Gasteiger partial charge on any atom is -0.397 e. The van der Waals surface area contributed by atoms with Crippen LogP contribution in [0, 0.1) is 0 Å². The summed E-state index contributed by atoms with van der Waals surface area (Å²) in [5.74, 6) is 5.77. The highest BCUT2D eigenvalue weighted by molar-refractivity contribution is 5.94. The van der Waals surface area contributed by atoms with Gasteiger partial charge in [0.2, 0.25) is 0 Å². The molecule has 1 aromatic heterocycles. The first-order chi connectivity index (χ1) is 8.74. The maximum absolute atomic E-state index is 5.97. The second-order valence-corrected chi connectivity index (χ2v) is 4.66. The molecular weight excluding hydrogens is 226 g/mol. The van der Waals surface area contributed by atoms with Gasteiger partial charge in [0.05, 0.1) is 11.9 Å². The first-order valence-corrected chi connectivity index (χ1v) is 6.12. The van der Waals surface area contributed by atoms with Gasteiger partial charge in [-0.2, -0.15) is 0 Å². The van der Waals surface area contributed by atoms with Crippen LogP contribution < -0.4 is 16.5 Å². The highest BCUT2D eigenvalue weighted by Crippen LogP contribution is 2.25. The van der Waals surface area contributed by atoms with Crippen molar-refractivity contribution in [1.82, 2.24) is 9.99 Å². The van der Waals surface area contributed by atoms with Crippen LogP contribution in [0.3, 0.4) is 0 Å². The number of anilines is 2. The Hall–Kier alpha value is -1.85. The summed E-state index contributed by atoms with van der Waals surface area (Å²) in [5.41, 5.74) is 7.90. The van der Waals surface area contributed by atoms with Crippen molar-refractivity contribution >= 4 is 22.1 Å². The van der Waals surface area contributed by atoms with E-state index in [1.54, 1.807) is 6.20 Å². The van der Waals surface area contributed by atoms with Crippen LogP contribution in [0.5, 0.6) is 0 Å². The number of benzene rings is 1. The molecule has 0 bridgehead atoms. The number of fused-ring (bicyclic) bond motifs is 1. The van der Waals surface area contributed by atoms with Gasteiger partial charge in [0.25, 0.3) is 0 Å². The average Bonchev–Trinajstić information content (AvgIpc) is 2.40. The molecule has 0 atom stereocenters. The van der Waals surface area contributed by atoms with Crippen molar-refractivity contribution in [2.75, 3.05) is 36.8 Å². The molecule has 1 aliphatic rings. The quantitative estimate of drug-likeness (QED) is 0.725. The van der Waals surface area contributed by atoms with E-state index in [-0.39, 0.29) is 0 Å². The van der Waals surface area contributed by atoms with Gasteiger partial charge in [0.15, 0.2) is 0 Å². The lowest BCUT2D eigenvalue weighted by atomic mass is 10.1. The molecule has 5 nitrogen and oxygen atoms in total. The SMILES string of the molecule is Nc1cncc2ccc(N3CCN(N)CC3)cc12. The fourth-order valence-electron chi connectivity index (χ4n) is 2.35. The molecule has 94 valence electrons. The third kappa shape index (κ3) is 1.98. The number of aromatic nitrogens is 1. The van der Waals surface area contributed by atoms with Crippen molar-refractivity contribution in [3.8, 4) is 0 Å². The van der Waals surface area contributed by atoms with Gasteiger partial charge < -0.3 is 10.6 Å². The van der Waals surface area contributed by atoms with E-state index >= 15 is 0 Å². The zero-order valence-corrected chi connectivity index (χ0v) is 10.2. The monoisotopic (exact) mass is 243 g/mol. The second kappa shape index (κ2) is 4.44. The molecule has 0 amide bonds. The van der Waals surface area contributed by atoms with Crippen molar-refractivity contribution < 1.29 is 0 Å². The average molecular weight is 243 g/mol. The standard InChI is InChI=1S/C13H17N5/c14-13-9-16-8-10-1-2-11(7-12(10)13)17-3-5-18(15)6-4-17/h1-2,7-9H,3-6,14-15H2. The molecule has 5 heteroatoms. The van der Waals surface area contributed by atoms with Gasteiger partial charge in [-0.15, -0.1) is 0 Å². The Morgan fingerprint density at radius 3 is 2.61 bits per heavy atom. The van der Waals surface area contributed by atoms with Gasteiger partial charge in [0, 0.05) is 48.8 Å². The summed E-state index contributed by atoms with van der Waals surface area (Å²) < 4.78 is 0. The fraction of sp³-hybridized carbons (Fsp3) is 0.308. The summed E-state index contributed by atoms with van der Waals surface area (Å²) in [4.78, 5) is 6.44. The molecule has 1 fully saturated rings. The molecule has 0 unspecified atom stereocenters. The van der Waals surface area contributed by atoms with Crippen molar-refractivity contribution in [3.63, 3.8) is 0 Å². The molecule has 0 spiro atoms. The molecule has 1 aliphatic heterocycles. The van der Waals surface area contributed by atoms with E-state index in [0.29, 0.717) is 0 Å². The van der Waals surface area contributed by atoms with Crippen LogP contribution >= 0.6 is 0 Å². The largest absolute Gasteiger partial charge is 0.397 e. The normalized spacial score (nSPS) is 17.3. The van der Waals surface area contributed by atoms with Crippen LogP contribution in [-0.4, -0.2) is 36.2 Å². The van der Waals surface area contributed by atoms with Crippen LogP contribution in [0.1, 0.15) is 0 Å². The van der Waals surface area contributed by atoms with Crippen molar-refractivity contribution in [1.29, 1.82) is 0 Å². The molecule has 1 aromatic carbocycles. The summed E-state index contributed by atoms with van der Waals surface area (Å²) in [6, 6.07) is 6.33. The number of rotatable bonds is 1. The van der Waals surface area contributed by atoms with Crippen LogP contribution in [0.15, 0.2) is 30.6 Å². The third-order valence-corrected chi connectivity index (χ3v) is 3.45. The minimum atomic E-state index is 0.729. The summed E-state index contributed by atoms with van der Waals surface area (Å²) in [7, 11) is 0. The van der Waals surface area contributed by atoms with Gasteiger partial charge in [0.1, 0.15) is 0 Å². The van der Waals surface area contributed by atoms with E-state index in [0.717, 1.165) is 42.6 Å².